The van der Waals surface area contributed by atoms with Gasteiger partial charge >= 0.3 is 0 Å². The number of aliphatic hydroxyl groups is 1. The highest BCUT2D eigenvalue weighted by molar-refractivity contribution is 7.98. The van der Waals surface area contributed by atoms with E-state index in [1.807, 2.05) is 18.7 Å². The summed E-state index contributed by atoms with van der Waals surface area (Å²) in [5.74, 6) is 1.11. The summed E-state index contributed by atoms with van der Waals surface area (Å²) in [6.45, 7) is 4.03. The third-order valence-electron chi connectivity index (χ3n) is 2.24. The van der Waals surface area contributed by atoms with Crippen LogP contribution < -0.4 is 0 Å². The minimum absolute atomic E-state index is 0.394. The molecule has 1 N–H and O–H groups in total. The molecule has 1 saturated heterocycles. The van der Waals surface area contributed by atoms with E-state index in [-0.39, 0.29) is 0 Å². The smallest absolute Gasteiger partial charge is 0.0644 e. The van der Waals surface area contributed by atoms with Crippen molar-refractivity contribution < 1.29 is 5.11 Å². The summed E-state index contributed by atoms with van der Waals surface area (Å²) in [5, 5.41) is 9.63. The molecule has 0 radical (unpaired) electrons. The number of nitrogens with zero attached hydrogens (tertiary/aromatic N) is 1. The molecular formula is C8H17NOS. The Morgan fingerprint density at radius 1 is 1.45 bits per heavy atom. The van der Waals surface area contributed by atoms with Gasteiger partial charge in [0.15, 0.2) is 0 Å². The first-order chi connectivity index (χ1) is 5.14. The van der Waals surface area contributed by atoms with Gasteiger partial charge in [-0.15, -0.1) is 11.8 Å². The lowest BCUT2D eigenvalue weighted by atomic mass is 9.94. The van der Waals surface area contributed by atoms with Gasteiger partial charge in [-0.1, -0.05) is 0 Å². The number of rotatable bonds is 2. The fourth-order valence-corrected chi connectivity index (χ4v) is 1.97. The zero-order valence-electron chi connectivity index (χ0n) is 7.34. The van der Waals surface area contributed by atoms with Crippen LogP contribution in [0.3, 0.4) is 0 Å². The van der Waals surface area contributed by atoms with Crippen LogP contribution in [0, 0.1) is 0 Å². The Morgan fingerprint density at radius 2 is 2.00 bits per heavy atom. The quantitative estimate of drug-likeness (QED) is 0.681. The van der Waals surface area contributed by atoms with E-state index < -0.39 is 5.60 Å². The van der Waals surface area contributed by atoms with E-state index in [0.29, 0.717) is 0 Å². The van der Waals surface area contributed by atoms with Crippen LogP contribution in [0.1, 0.15) is 19.8 Å². The molecule has 1 rings (SSSR count). The van der Waals surface area contributed by atoms with Gasteiger partial charge in [0.2, 0.25) is 0 Å². The predicted molar refractivity (Wildman–Crippen MR) is 49.8 cm³/mol. The van der Waals surface area contributed by atoms with Crippen LogP contribution in [0.5, 0.6) is 0 Å². The van der Waals surface area contributed by atoms with Crippen LogP contribution in [0.25, 0.3) is 0 Å². The number of piperidine rings is 1. The van der Waals surface area contributed by atoms with Gasteiger partial charge in [-0.25, -0.2) is 0 Å². The molecule has 1 heterocycles. The second kappa shape index (κ2) is 3.78. The molecule has 1 aliphatic rings. The Bertz CT molecular complexity index is 117. The Hall–Kier alpha value is 0.270. The predicted octanol–water partition coefficient (Wildman–Crippen LogP) is 1.15. The van der Waals surface area contributed by atoms with Crippen LogP contribution in [0.15, 0.2) is 0 Å². The maximum absolute atomic E-state index is 9.63. The van der Waals surface area contributed by atoms with Crippen LogP contribution in [0.2, 0.25) is 0 Å². The SMILES string of the molecule is CSCN1CCC(C)(O)CC1. The Balaban J connectivity index is 2.25. The lowest BCUT2D eigenvalue weighted by Crippen LogP contribution is -2.42. The molecule has 0 bridgehead atoms. The Labute approximate surface area is 73.0 Å². The van der Waals surface area contributed by atoms with Crippen molar-refractivity contribution in [3.8, 4) is 0 Å². The molecule has 0 saturated carbocycles. The van der Waals surface area contributed by atoms with Gasteiger partial charge in [-0.05, 0) is 26.0 Å². The van der Waals surface area contributed by atoms with Gasteiger partial charge in [0.05, 0.1) is 5.60 Å². The summed E-state index contributed by atoms with van der Waals surface area (Å²) in [4.78, 5) is 2.39. The van der Waals surface area contributed by atoms with E-state index in [2.05, 4.69) is 11.2 Å². The second-order valence-electron chi connectivity index (χ2n) is 3.53. The van der Waals surface area contributed by atoms with Crippen molar-refractivity contribution in [1.82, 2.24) is 4.90 Å². The zero-order valence-corrected chi connectivity index (χ0v) is 8.15. The van der Waals surface area contributed by atoms with Gasteiger partial charge < -0.3 is 5.11 Å². The minimum Gasteiger partial charge on any atom is -0.390 e. The topological polar surface area (TPSA) is 23.5 Å². The maximum atomic E-state index is 9.63. The summed E-state index contributed by atoms with van der Waals surface area (Å²) in [7, 11) is 0. The van der Waals surface area contributed by atoms with Crippen molar-refractivity contribution in [2.24, 2.45) is 0 Å². The summed E-state index contributed by atoms with van der Waals surface area (Å²) in [6.07, 6.45) is 3.97. The highest BCUT2D eigenvalue weighted by Gasteiger charge is 2.26. The van der Waals surface area contributed by atoms with Crippen molar-refractivity contribution in [2.75, 3.05) is 25.2 Å². The first kappa shape index (κ1) is 9.36. The van der Waals surface area contributed by atoms with Crippen molar-refractivity contribution in [1.29, 1.82) is 0 Å². The number of thioether (sulfide) groups is 1. The van der Waals surface area contributed by atoms with Gasteiger partial charge in [-0.2, -0.15) is 0 Å². The first-order valence-corrected chi connectivity index (χ1v) is 5.47. The van der Waals surface area contributed by atoms with Gasteiger partial charge in [0.1, 0.15) is 0 Å². The number of hydrogen-bond donors (Lipinski definition) is 1. The summed E-state index contributed by atoms with van der Waals surface area (Å²) in [6, 6.07) is 0. The molecule has 11 heavy (non-hydrogen) atoms. The van der Waals surface area contributed by atoms with Gasteiger partial charge in [-0.3, -0.25) is 4.90 Å². The molecule has 0 aliphatic carbocycles. The highest BCUT2D eigenvalue weighted by Crippen LogP contribution is 2.21. The molecule has 0 unspecified atom stereocenters. The molecule has 1 fully saturated rings. The Morgan fingerprint density at radius 3 is 2.45 bits per heavy atom. The molecule has 0 spiro atoms. The molecule has 0 aromatic rings. The second-order valence-corrected chi connectivity index (χ2v) is 4.37. The monoisotopic (exact) mass is 175 g/mol. The molecule has 1 aliphatic heterocycles. The fourth-order valence-electron chi connectivity index (χ4n) is 1.35. The summed E-state index contributed by atoms with van der Waals surface area (Å²) < 4.78 is 0. The summed E-state index contributed by atoms with van der Waals surface area (Å²) in [5.41, 5.74) is -0.394. The van der Waals surface area contributed by atoms with Crippen molar-refractivity contribution >= 4 is 11.8 Å². The lowest BCUT2D eigenvalue weighted by Gasteiger charge is -2.35. The van der Waals surface area contributed by atoms with E-state index in [0.717, 1.165) is 31.8 Å². The standard InChI is InChI=1S/C8H17NOS/c1-8(10)3-5-9(6-4-8)7-11-2/h10H,3-7H2,1-2H3. The largest absolute Gasteiger partial charge is 0.390 e. The van der Waals surface area contributed by atoms with Crippen molar-refractivity contribution in [3.63, 3.8) is 0 Å². The molecular weight excluding hydrogens is 158 g/mol. The van der Waals surface area contributed by atoms with Crippen molar-refractivity contribution in [3.05, 3.63) is 0 Å². The van der Waals surface area contributed by atoms with Crippen LogP contribution >= 0.6 is 11.8 Å². The summed E-state index contributed by atoms with van der Waals surface area (Å²) >= 11 is 1.85. The Kier molecular flexibility index (Phi) is 3.22. The normalized spacial score (nSPS) is 25.4. The fraction of sp³-hybridized carbons (Fsp3) is 1.00. The first-order valence-electron chi connectivity index (χ1n) is 4.08. The van der Waals surface area contributed by atoms with E-state index in [1.54, 1.807) is 0 Å². The molecule has 2 nitrogen and oxygen atoms in total. The highest BCUT2D eigenvalue weighted by atomic mass is 32.2. The zero-order chi connectivity index (χ0) is 8.32. The van der Waals surface area contributed by atoms with E-state index in [1.165, 1.54) is 0 Å². The van der Waals surface area contributed by atoms with E-state index in [4.69, 9.17) is 0 Å². The molecule has 0 aromatic heterocycles. The van der Waals surface area contributed by atoms with E-state index >= 15 is 0 Å². The molecule has 66 valence electrons. The number of hydrogen-bond acceptors (Lipinski definition) is 3. The van der Waals surface area contributed by atoms with Gasteiger partial charge in [0.25, 0.3) is 0 Å². The minimum atomic E-state index is -0.394. The average Bonchev–Trinajstić information content (AvgIpc) is 1.94. The molecule has 0 atom stereocenters. The molecule has 0 aromatic carbocycles. The number of likely N-dealkylation sites (tertiary alicyclic amines) is 1. The molecule has 3 heteroatoms. The van der Waals surface area contributed by atoms with Gasteiger partial charge in [0, 0.05) is 19.0 Å². The van der Waals surface area contributed by atoms with Crippen LogP contribution in [0.4, 0.5) is 0 Å². The van der Waals surface area contributed by atoms with Crippen LogP contribution in [-0.4, -0.2) is 40.8 Å². The van der Waals surface area contributed by atoms with Crippen molar-refractivity contribution in [2.45, 2.75) is 25.4 Å². The lowest BCUT2D eigenvalue weighted by molar-refractivity contribution is -0.000464. The third kappa shape index (κ3) is 3.01. The van der Waals surface area contributed by atoms with E-state index in [9.17, 15) is 5.11 Å². The maximum Gasteiger partial charge on any atom is 0.0644 e. The average molecular weight is 175 g/mol. The molecule has 0 amide bonds. The third-order valence-corrected chi connectivity index (χ3v) is 2.87. The van der Waals surface area contributed by atoms with Crippen LogP contribution in [-0.2, 0) is 0 Å².